The molecule has 0 aliphatic rings. The number of carbonyl (C=O) groups excluding carboxylic acids is 2. The molecule has 0 aromatic heterocycles. The average molecular weight is 565 g/mol. The van der Waals surface area contributed by atoms with E-state index in [0.29, 0.717) is 17.7 Å². The number of carbonyl (C=O) groups is 2. The number of quaternary nitrogens is 1. The molecule has 0 saturated carbocycles. The van der Waals surface area contributed by atoms with E-state index in [1.807, 2.05) is 50.5 Å². The van der Waals surface area contributed by atoms with Gasteiger partial charge in [-0.1, -0.05) is 0 Å². The van der Waals surface area contributed by atoms with E-state index in [2.05, 4.69) is 98.1 Å². The molecule has 0 atom stereocenters. The summed E-state index contributed by atoms with van der Waals surface area (Å²) in [6, 6.07) is 40.3. The molecular weight excluding hydrogens is 525 g/mol. The molecule has 41 heavy (non-hydrogen) atoms. The second kappa shape index (κ2) is 12.2. The number of likely N-dealkylation sites (N-methyl/N-ethyl adjacent to an activating group) is 1. The molecule has 210 valence electrons. The van der Waals surface area contributed by atoms with Crippen LogP contribution in [0.4, 0.5) is 0 Å². The normalized spacial score (nSPS) is 12.5. The van der Waals surface area contributed by atoms with Gasteiger partial charge >= 0.3 is 244 Å². The summed E-state index contributed by atoms with van der Waals surface area (Å²) in [6.45, 7) is 6.64. The number of ether oxygens (including phenoxy) is 1. The van der Waals surface area contributed by atoms with Crippen molar-refractivity contribution in [3.05, 3.63) is 146 Å². The summed E-state index contributed by atoms with van der Waals surface area (Å²) in [5.41, 5.74) is 0.947. The summed E-state index contributed by atoms with van der Waals surface area (Å²) in [5, 5.41) is 4.89. The van der Waals surface area contributed by atoms with Gasteiger partial charge in [0.15, 0.2) is 0 Å². The molecule has 5 heteroatoms. The Kier molecular flexibility index (Phi) is 8.87. The summed E-state index contributed by atoms with van der Waals surface area (Å²) < 4.78 is 5.32. The first-order chi connectivity index (χ1) is 19.7. The quantitative estimate of drug-likeness (QED) is 0.0810. The van der Waals surface area contributed by atoms with Crippen LogP contribution in [-0.4, -0.2) is 49.8 Å². The molecule has 0 saturated heterocycles. The van der Waals surface area contributed by atoms with Crippen molar-refractivity contribution in [1.29, 1.82) is 0 Å². The van der Waals surface area contributed by atoms with Crippen LogP contribution in [0.25, 0.3) is 0 Å². The zero-order chi connectivity index (χ0) is 29.5. The van der Waals surface area contributed by atoms with E-state index in [9.17, 15) is 9.59 Å². The number of hydrogen-bond donors (Lipinski definition) is 0. The van der Waals surface area contributed by atoms with Crippen LogP contribution >= 0.6 is 6.60 Å². The topological polar surface area (TPSA) is 43.4 Å². The molecule has 0 aliphatic carbocycles. The molecular formula is C36H39NO3P+. The molecule has 0 N–H and O–H groups in total. The SMILES string of the molecule is C=CCP(c1ccccc1)(c1ccccc1)(c1ccccc1)c1ccc(C(=O)[N+](C)(C)CCOC(=O)C(=C)C)cc1. The van der Waals surface area contributed by atoms with Gasteiger partial charge in [-0.15, -0.1) is 0 Å². The summed E-state index contributed by atoms with van der Waals surface area (Å²) >= 11 is 0. The molecule has 0 aliphatic heterocycles. The predicted molar refractivity (Wildman–Crippen MR) is 173 cm³/mol. The van der Waals surface area contributed by atoms with E-state index in [1.165, 1.54) is 15.9 Å². The van der Waals surface area contributed by atoms with Gasteiger partial charge in [-0.3, -0.25) is 0 Å². The summed E-state index contributed by atoms with van der Waals surface area (Å²) in [5.74, 6) is -0.496. The fourth-order valence-corrected chi connectivity index (χ4v) is 12.2. The zero-order valence-corrected chi connectivity index (χ0v) is 25.1. The van der Waals surface area contributed by atoms with Crippen LogP contribution in [0.15, 0.2) is 140 Å². The third kappa shape index (κ3) is 5.34. The van der Waals surface area contributed by atoms with Crippen LogP contribution in [0, 0.1) is 0 Å². The van der Waals surface area contributed by atoms with Crippen molar-refractivity contribution in [3.8, 4) is 0 Å². The minimum absolute atomic E-state index is 0.0499. The monoisotopic (exact) mass is 564 g/mol. The molecule has 0 spiro atoms. The maximum absolute atomic E-state index is 13.7. The summed E-state index contributed by atoms with van der Waals surface area (Å²) in [6.07, 6.45) is 2.77. The van der Waals surface area contributed by atoms with E-state index >= 15 is 0 Å². The molecule has 4 aromatic carbocycles. The van der Waals surface area contributed by atoms with Crippen molar-refractivity contribution >= 4 is 39.7 Å². The van der Waals surface area contributed by atoms with Crippen LogP contribution in [0.5, 0.6) is 0 Å². The molecule has 0 unspecified atom stereocenters. The number of benzene rings is 4. The third-order valence-electron chi connectivity index (χ3n) is 7.94. The molecule has 0 heterocycles. The number of rotatable bonds is 11. The summed E-state index contributed by atoms with van der Waals surface area (Å²) in [4.78, 5) is 25.5. The Bertz CT molecular complexity index is 1430. The van der Waals surface area contributed by atoms with Gasteiger partial charge in [0.1, 0.15) is 0 Å². The van der Waals surface area contributed by atoms with Gasteiger partial charge in [0, 0.05) is 0 Å². The van der Waals surface area contributed by atoms with Crippen LogP contribution in [0.1, 0.15) is 17.3 Å². The number of amides is 1. The van der Waals surface area contributed by atoms with Crippen molar-refractivity contribution in [1.82, 2.24) is 0 Å². The van der Waals surface area contributed by atoms with Crippen molar-refractivity contribution < 1.29 is 18.8 Å². The van der Waals surface area contributed by atoms with Gasteiger partial charge in [-0.2, -0.15) is 0 Å². The van der Waals surface area contributed by atoms with Gasteiger partial charge in [-0.05, 0) is 0 Å². The Morgan fingerprint density at radius 3 is 1.54 bits per heavy atom. The fourth-order valence-electron chi connectivity index (χ4n) is 5.72. The molecule has 0 radical (unpaired) electrons. The minimum atomic E-state index is -3.33. The molecule has 4 nitrogen and oxygen atoms in total. The Hall–Kier alpha value is -4.11. The van der Waals surface area contributed by atoms with E-state index in [-0.39, 0.29) is 17.0 Å². The van der Waals surface area contributed by atoms with Crippen LogP contribution in [0.2, 0.25) is 0 Å². The van der Waals surface area contributed by atoms with E-state index in [4.69, 9.17) is 4.74 Å². The Morgan fingerprint density at radius 1 is 0.732 bits per heavy atom. The zero-order valence-electron chi connectivity index (χ0n) is 24.2. The molecule has 4 aromatic rings. The molecule has 0 fully saturated rings. The Labute approximate surface area is 244 Å². The van der Waals surface area contributed by atoms with E-state index < -0.39 is 12.6 Å². The first-order valence-corrected chi connectivity index (χ1v) is 16.2. The molecule has 4 rings (SSSR count). The number of esters is 1. The van der Waals surface area contributed by atoms with Gasteiger partial charge in [0.2, 0.25) is 0 Å². The van der Waals surface area contributed by atoms with Crippen LogP contribution in [0.3, 0.4) is 0 Å². The number of nitrogens with zero attached hydrogens (tertiary/aromatic N) is 1. The van der Waals surface area contributed by atoms with Gasteiger partial charge in [0.25, 0.3) is 0 Å². The van der Waals surface area contributed by atoms with Crippen molar-refractivity contribution in [2.24, 2.45) is 0 Å². The van der Waals surface area contributed by atoms with Gasteiger partial charge in [0.05, 0.1) is 0 Å². The molecule has 0 bridgehead atoms. The Morgan fingerprint density at radius 2 is 1.15 bits per heavy atom. The van der Waals surface area contributed by atoms with Crippen molar-refractivity contribution in [2.45, 2.75) is 6.92 Å². The van der Waals surface area contributed by atoms with Crippen LogP contribution < -0.4 is 21.2 Å². The second-order valence-electron chi connectivity index (χ2n) is 11.0. The number of hydrogen-bond acceptors (Lipinski definition) is 3. The predicted octanol–water partition coefficient (Wildman–Crippen LogP) is 5.36. The first-order valence-electron chi connectivity index (χ1n) is 13.8. The fraction of sp³-hybridized carbons (Fsp3) is 0.167. The first kappa shape index (κ1) is 29.9. The van der Waals surface area contributed by atoms with Crippen LogP contribution in [-0.2, 0) is 9.53 Å². The van der Waals surface area contributed by atoms with Crippen molar-refractivity contribution in [3.63, 3.8) is 0 Å². The van der Waals surface area contributed by atoms with E-state index in [0.717, 1.165) is 11.5 Å². The van der Waals surface area contributed by atoms with E-state index in [1.54, 1.807) is 6.92 Å². The second-order valence-corrected chi connectivity index (χ2v) is 16.0. The maximum atomic E-state index is 13.7. The third-order valence-corrected chi connectivity index (χ3v) is 14.7. The van der Waals surface area contributed by atoms with Gasteiger partial charge in [-0.25, -0.2) is 0 Å². The van der Waals surface area contributed by atoms with Crippen molar-refractivity contribution in [2.75, 3.05) is 33.4 Å². The Balaban J connectivity index is 1.88. The average Bonchev–Trinajstić information content (AvgIpc) is 3.01. The standard InChI is InChI=1S/C36H39NO3P/c1-6-28-41(31-16-10-7-11-17-31,32-18-12-8-13-19-32,33-20-14-9-15-21-33)34-24-22-30(23-25-34)35(38)37(4,5)26-27-40-36(39)29(2)3/h6-25H,1-2,26-28H2,3-5H3/q+1. The summed E-state index contributed by atoms with van der Waals surface area (Å²) in [7, 11) is 3.67. The van der Waals surface area contributed by atoms with Gasteiger partial charge < -0.3 is 0 Å². The molecule has 1 amide bonds. The number of allylic oxidation sites excluding steroid dienone is 1.